The lowest BCUT2D eigenvalue weighted by atomic mass is 10.3. The first-order valence-electron chi connectivity index (χ1n) is 7.88. The van der Waals surface area contributed by atoms with E-state index >= 15 is 0 Å². The Balaban J connectivity index is 1.98. The molecule has 0 aliphatic carbocycles. The van der Waals surface area contributed by atoms with E-state index in [2.05, 4.69) is 10.0 Å². The molecule has 0 aliphatic rings. The van der Waals surface area contributed by atoms with Crippen LogP contribution in [0.4, 0.5) is 5.69 Å². The number of nitrogens with one attached hydrogen (secondary N) is 2. The van der Waals surface area contributed by atoms with Gasteiger partial charge in [-0.15, -0.1) is 0 Å². The van der Waals surface area contributed by atoms with Crippen LogP contribution in [0.15, 0.2) is 41.3 Å². The van der Waals surface area contributed by atoms with Crippen molar-refractivity contribution in [2.45, 2.75) is 4.90 Å². The molecule has 2 N–H and O–H groups in total. The highest BCUT2D eigenvalue weighted by Crippen LogP contribution is 2.27. The number of carbonyl (C=O) groups is 1. The number of halogens is 3. The highest BCUT2D eigenvalue weighted by molar-refractivity contribution is 7.89. The third-order valence-electron chi connectivity index (χ3n) is 3.32. The van der Waals surface area contributed by atoms with Crippen molar-refractivity contribution in [2.24, 2.45) is 0 Å². The molecular weight excluding hydrogens is 451 g/mol. The second kappa shape index (κ2) is 10.3. The predicted molar refractivity (Wildman–Crippen MR) is 109 cm³/mol. The molecule has 11 heteroatoms. The Kier molecular flexibility index (Phi) is 8.36. The van der Waals surface area contributed by atoms with Gasteiger partial charge in [0, 0.05) is 29.4 Å². The van der Waals surface area contributed by atoms with Crippen molar-refractivity contribution < 1.29 is 22.7 Å². The van der Waals surface area contributed by atoms with Crippen molar-refractivity contribution in [1.29, 1.82) is 0 Å². The molecule has 2 aromatic rings. The van der Waals surface area contributed by atoms with Crippen LogP contribution in [-0.4, -0.2) is 41.2 Å². The van der Waals surface area contributed by atoms with Crippen LogP contribution in [0.2, 0.25) is 15.1 Å². The summed E-state index contributed by atoms with van der Waals surface area (Å²) in [6.45, 7) is 0.0194. The van der Waals surface area contributed by atoms with Crippen LogP contribution < -0.4 is 14.8 Å². The second-order valence-corrected chi connectivity index (χ2v) is 8.52. The quantitative estimate of drug-likeness (QED) is 0.550. The number of ether oxygens (including phenoxy) is 2. The fourth-order valence-corrected chi connectivity index (χ4v) is 3.96. The van der Waals surface area contributed by atoms with Gasteiger partial charge in [0.05, 0.1) is 16.5 Å². The Morgan fingerprint density at radius 3 is 2.36 bits per heavy atom. The van der Waals surface area contributed by atoms with E-state index in [4.69, 9.17) is 44.3 Å². The molecule has 2 aromatic carbocycles. The van der Waals surface area contributed by atoms with Crippen LogP contribution in [-0.2, 0) is 19.6 Å². The fraction of sp³-hybridized carbons (Fsp3) is 0.235. The molecule has 0 saturated carbocycles. The minimum Gasteiger partial charge on any atom is -0.482 e. The molecule has 0 fully saturated rings. The molecular formula is C17H17Cl3N2O5S. The summed E-state index contributed by atoms with van der Waals surface area (Å²) in [4.78, 5) is 12.0. The van der Waals surface area contributed by atoms with Gasteiger partial charge in [-0.1, -0.05) is 34.8 Å². The Morgan fingerprint density at radius 2 is 1.75 bits per heavy atom. The van der Waals surface area contributed by atoms with Crippen LogP contribution in [0, 0.1) is 0 Å². The van der Waals surface area contributed by atoms with Gasteiger partial charge in [-0.3, -0.25) is 4.79 Å². The lowest BCUT2D eigenvalue weighted by Crippen LogP contribution is -2.27. The van der Waals surface area contributed by atoms with Gasteiger partial charge >= 0.3 is 0 Å². The number of sulfonamides is 1. The zero-order valence-corrected chi connectivity index (χ0v) is 17.8. The van der Waals surface area contributed by atoms with Gasteiger partial charge in [0.15, 0.2) is 6.61 Å². The zero-order chi connectivity index (χ0) is 20.7. The summed E-state index contributed by atoms with van der Waals surface area (Å²) in [7, 11) is -2.26. The number of hydrogen-bond acceptors (Lipinski definition) is 5. The van der Waals surface area contributed by atoms with Gasteiger partial charge in [-0.05, 0) is 36.4 Å². The number of methoxy groups -OCH3 is 1. The van der Waals surface area contributed by atoms with E-state index in [-0.39, 0.29) is 35.4 Å². The summed E-state index contributed by atoms with van der Waals surface area (Å²) in [6, 6.07) is 8.54. The third kappa shape index (κ3) is 6.80. The minimum absolute atomic E-state index is 0.0287. The summed E-state index contributed by atoms with van der Waals surface area (Å²) in [6.07, 6.45) is 0. The Bertz CT molecular complexity index is 934. The number of benzene rings is 2. The molecule has 28 heavy (non-hydrogen) atoms. The van der Waals surface area contributed by atoms with Crippen LogP contribution in [0.5, 0.6) is 5.75 Å². The summed E-state index contributed by atoms with van der Waals surface area (Å²) in [5, 5.41) is 3.39. The van der Waals surface area contributed by atoms with Gasteiger partial charge in [0.2, 0.25) is 10.0 Å². The van der Waals surface area contributed by atoms with Crippen molar-refractivity contribution in [3.05, 3.63) is 51.5 Å². The summed E-state index contributed by atoms with van der Waals surface area (Å²) in [5.41, 5.74) is 0.417. The zero-order valence-electron chi connectivity index (χ0n) is 14.7. The van der Waals surface area contributed by atoms with Crippen molar-refractivity contribution in [3.8, 4) is 5.75 Å². The highest BCUT2D eigenvalue weighted by Gasteiger charge is 2.16. The average molecular weight is 468 g/mol. The monoisotopic (exact) mass is 466 g/mol. The second-order valence-electron chi connectivity index (χ2n) is 5.48. The average Bonchev–Trinajstić information content (AvgIpc) is 2.59. The molecule has 1 amide bonds. The largest absolute Gasteiger partial charge is 0.482 e. The highest BCUT2D eigenvalue weighted by atomic mass is 35.5. The number of anilines is 1. The third-order valence-corrected chi connectivity index (χ3v) is 5.51. The first-order chi connectivity index (χ1) is 13.2. The van der Waals surface area contributed by atoms with E-state index < -0.39 is 15.9 Å². The van der Waals surface area contributed by atoms with E-state index in [9.17, 15) is 13.2 Å². The molecule has 152 valence electrons. The SMILES string of the molecule is COCCNS(=O)(=O)c1ccc(OCC(=O)Nc2cc(Cl)cc(Cl)c2)c(Cl)c1. The minimum atomic E-state index is -3.73. The molecule has 0 bridgehead atoms. The summed E-state index contributed by atoms with van der Waals surface area (Å²) >= 11 is 17.8. The number of hydrogen-bond donors (Lipinski definition) is 2. The van der Waals surface area contributed by atoms with Crippen molar-refractivity contribution >= 4 is 56.4 Å². The van der Waals surface area contributed by atoms with Gasteiger partial charge in [-0.25, -0.2) is 13.1 Å². The maximum absolute atomic E-state index is 12.1. The maximum atomic E-state index is 12.1. The topological polar surface area (TPSA) is 93.7 Å². The van der Waals surface area contributed by atoms with Crippen molar-refractivity contribution in [1.82, 2.24) is 4.72 Å². The first-order valence-corrected chi connectivity index (χ1v) is 10.5. The molecule has 0 radical (unpaired) electrons. The molecule has 0 heterocycles. The predicted octanol–water partition coefficient (Wildman–Crippen LogP) is 3.59. The molecule has 7 nitrogen and oxygen atoms in total. The fourth-order valence-electron chi connectivity index (χ4n) is 2.09. The Morgan fingerprint density at radius 1 is 1.07 bits per heavy atom. The first kappa shape index (κ1) is 22.7. The van der Waals surface area contributed by atoms with Crippen LogP contribution >= 0.6 is 34.8 Å². The summed E-state index contributed by atoms with van der Waals surface area (Å²) in [5.74, 6) is -0.302. The summed E-state index contributed by atoms with van der Waals surface area (Å²) < 4.78 is 36.8. The molecule has 0 unspecified atom stereocenters. The molecule has 0 atom stereocenters. The molecule has 0 spiro atoms. The van der Waals surface area contributed by atoms with Crippen molar-refractivity contribution in [3.63, 3.8) is 0 Å². The molecule has 0 aromatic heterocycles. The molecule has 2 rings (SSSR count). The van der Waals surface area contributed by atoms with E-state index in [1.165, 1.54) is 43.5 Å². The lowest BCUT2D eigenvalue weighted by Gasteiger charge is -2.11. The normalized spacial score (nSPS) is 11.3. The van der Waals surface area contributed by atoms with Gasteiger partial charge in [0.1, 0.15) is 5.75 Å². The Labute approximate surface area is 177 Å². The van der Waals surface area contributed by atoms with E-state index in [0.29, 0.717) is 15.7 Å². The number of amides is 1. The number of carbonyl (C=O) groups excluding carboxylic acids is 1. The van der Waals surface area contributed by atoms with E-state index in [1.807, 2.05) is 0 Å². The lowest BCUT2D eigenvalue weighted by molar-refractivity contribution is -0.118. The van der Waals surface area contributed by atoms with Crippen LogP contribution in [0.3, 0.4) is 0 Å². The van der Waals surface area contributed by atoms with E-state index in [1.54, 1.807) is 0 Å². The van der Waals surface area contributed by atoms with Gasteiger partial charge in [-0.2, -0.15) is 0 Å². The van der Waals surface area contributed by atoms with E-state index in [0.717, 1.165) is 0 Å². The van der Waals surface area contributed by atoms with Crippen molar-refractivity contribution in [2.75, 3.05) is 32.2 Å². The number of rotatable bonds is 9. The Hall–Kier alpha value is -1.55. The molecule has 0 saturated heterocycles. The smallest absolute Gasteiger partial charge is 0.262 e. The standard InChI is InChI=1S/C17H17Cl3N2O5S/c1-26-5-4-21-28(24,25)14-2-3-16(15(20)9-14)27-10-17(23)22-13-7-11(18)6-12(19)8-13/h2-3,6-9,21H,4-5,10H2,1H3,(H,22,23). The van der Waals surface area contributed by atoms with Gasteiger partial charge in [0.25, 0.3) is 5.91 Å². The van der Waals surface area contributed by atoms with Crippen LogP contribution in [0.25, 0.3) is 0 Å². The molecule has 0 aliphatic heterocycles. The maximum Gasteiger partial charge on any atom is 0.262 e. The van der Waals surface area contributed by atoms with Gasteiger partial charge < -0.3 is 14.8 Å². The van der Waals surface area contributed by atoms with Crippen LogP contribution in [0.1, 0.15) is 0 Å².